The minimum Gasteiger partial charge on any atom is -0.465 e. The number of aromatic nitrogens is 1. The summed E-state index contributed by atoms with van der Waals surface area (Å²) >= 11 is 0.867. The van der Waals surface area contributed by atoms with E-state index in [1.807, 2.05) is 13.0 Å². The highest BCUT2D eigenvalue weighted by molar-refractivity contribution is 8.18. The Bertz CT molecular complexity index is 1270. The Kier molecular flexibility index (Phi) is 6.09. The minimum absolute atomic E-state index is 0.209. The molecule has 0 N–H and O–H groups in total. The van der Waals surface area contributed by atoms with Crippen LogP contribution < -0.4 is 0 Å². The van der Waals surface area contributed by atoms with E-state index in [2.05, 4.69) is 35.8 Å². The number of aryl methyl sites for hydroxylation is 1. The summed E-state index contributed by atoms with van der Waals surface area (Å²) in [5.41, 5.74) is 5.97. The van der Waals surface area contributed by atoms with Gasteiger partial charge in [0.15, 0.2) is 0 Å². The lowest BCUT2D eigenvalue weighted by Gasteiger charge is -2.57. The first-order valence-corrected chi connectivity index (χ1v) is 14.3. The fourth-order valence-corrected chi connectivity index (χ4v) is 8.70. The summed E-state index contributed by atoms with van der Waals surface area (Å²) in [5, 5.41) is -0.446. The van der Waals surface area contributed by atoms with Gasteiger partial charge in [-0.1, -0.05) is 12.1 Å². The van der Waals surface area contributed by atoms with Crippen molar-refractivity contribution in [1.82, 2.24) is 9.47 Å². The quantitative estimate of drug-likeness (QED) is 0.338. The number of benzene rings is 1. The molecule has 4 bridgehead atoms. The molecule has 7 heteroatoms. The second kappa shape index (κ2) is 9.19. The molecule has 4 aliphatic carbocycles. The molecular formula is C30H34N2O4S. The highest BCUT2D eigenvalue weighted by Crippen LogP contribution is 2.60. The van der Waals surface area contributed by atoms with Crippen molar-refractivity contribution in [3.63, 3.8) is 0 Å². The molecule has 7 rings (SSSR count). The van der Waals surface area contributed by atoms with Crippen molar-refractivity contribution in [1.29, 1.82) is 0 Å². The maximum atomic E-state index is 12.8. The SMILES string of the molecule is CCOC(=O)CN1C(=O)S/C(=C/c2cc(C)n(-c3ccc(C45CC6CC(CC(C6)C4)C5)cc3)c2C)C1=O. The van der Waals surface area contributed by atoms with Crippen LogP contribution in [0.25, 0.3) is 11.8 Å². The monoisotopic (exact) mass is 518 g/mol. The number of esters is 1. The molecule has 1 aromatic carbocycles. The van der Waals surface area contributed by atoms with E-state index in [0.29, 0.717) is 10.3 Å². The van der Waals surface area contributed by atoms with Gasteiger partial charge in [0.2, 0.25) is 0 Å². The molecule has 1 saturated heterocycles. The number of rotatable bonds is 6. The van der Waals surface area contributed by atoms with Crippen molar-refractivity contribution in [2.75, 3.05) is 13.2 Å². The number of nitrogens with zero attached hydrogens (tertiary/aromatic N) is 2. The van der Waals surface area contributed by atoms with E-state index >= 15 is 0 Å². The highest BCUT2D eigenvalue weighted by Gasteiger charge is 2.51. The van der Waals surface area contributed by atoms with Gasteiger partial charge in [-0.05, 0) is 130 Å². The molecule has 6 nitrogen and oxygen atoms in total. The van der Waals surface area contributed by atoms with Crippen LogP contribution in [-0.2, 0) is 19.7 Å². The Morgan fingerprint density at radius 3 is 2.27 bits per heavy atom. The van der Waals surface area contributed by atoms with Crippen LogP contribution in [0.2, 0.25) is 0 Å². The molecule has 194 valence electrons. The van der Waals surface area contributed by atoms with Gasteiger partial charge in [-0.25, -0.2) is 0 Å². The molecule has 2 amide bonds. The van der Waals surface area contributed by atoms with Gasteiger partial charge in [0, 0.05) is 17.1 Å². The average molecular weight is 519 g/mol. The van der Waals surface area contributed by atoms with E-state index in [-0.39, 0.29) is 13.2 Å². The zero-order chi connectivity index (χ0) is 25.9. The predicted molar refractivity (Wildman–Crippen MR) is 144 cm³/mol. The van der Waals surface area contributed by atoms with Crippen LogP contribution in [0.1, 0.15) is 68.0 Å². The van der Waals surface area contributed by atoms with Crippen molar-refractivity contribution >= 4 is 35.0 Å². The summed E-state index contributed by atoms with van der Waals surface area (Å²) in [6.45, 7) is 5.64. The van der Waals surface area contributed by atoms with Crippen LogP contribution in [-0.4, -0.2) is 39.7 Å². The fourth-order valence-electron chi connectivity index (χ4n) is 7.87. The molecule has 0 spiro atoms. The number of amides is 2. The zero-order valence-corrected chi connectivity index (χ0v) is 22.6. The zero-order valence-electron chi connectivity index (χ0n) is 21.8. The van der Waals surface area contributed by atoms with Crippen molar-refractivity contribution < 1.29 is 19.1 Å². The molecule has 0 unspecified atom stereocenters. The number of carbonyl (C=O) groups excluding carboxylic acids is 3. The van der Waals surface area contributed by atoms with Gasteiger partial charge in [-0.15, -0.1) is 0 Å². The molecule has 2 aromatic rings. The van der Waals surface area contributed by atoms with Gasteiger partial charge >= 0.3 is 5.97 Å². The molecule has 2 heterocycles. The maximum Gasteiger partial charge on any atom is 0.326 e. The first-order chi connectivity index (χ1) is 17.8. The average Bonchev–Trinajstić information content (AvgIpc) is 3.27. The number of imide groups is 1. The van der Waals surface area contributed by atoms with Crippen molar-refractivity contribution in [3.8, 4) is 5.69 Å². The van der Waals surface area contributed by atoms with Gasteiger partial charge in [-0.2, -0.15) is 0 Å². The first kappa shape index (κ1) is 24.5. The van der Waals surface area contributed by atoms with E-state index in [0.717, 1.165) is 57.1 Å². The third-order valence-corrected chi connectivity index (χ3v) is 9.91. The second-order valence-corrected chi connectivity index (χ2v) is 12.5. The van der Waals surface area contributed by atoms with E-state index < -0.39 is 17.1 Å². The van der Waals surface area contributed by atoms with Crippen LogP contribution >= 0.6 is 11.8 Å². The van der Waals surface area contributed by atoms with Crippen LogP contribution in [0.3, 0.4) is 0 Å². The number of carbonyl (C=O) groups is 3. The van der Waals surface area contributed by atoms with E-state index in [1.165, 1.54) is 44.1 Å². The lowest BCUT2D eigenvalue weighted by atomic mass is 9.48. The smallest absolute Gasteiger partial charge is 0.326 e. The summed E-state index contributed by atoms with van der Waals surface area (Å²) in [6, 6.07) is 11.2. The lowest BCUT2D eigenvalue weighted by molar-refractivity contribution is -0.145. The number of hydrogen-bond acceptors (Lipinski definition) is 5. The Hall–Kier alpha value is -2.80. The molecule has 5 fully saturated rings. The van der Waals surface area contributed by atoms with Crippen LogP contribution in [0, 0.1) is 31.6 Å². The van der Waals surface area contributed by atoms with Gasteiger partial charge in [-0.3, -0.25) is 19.3 Å². The normalized spacial score (nSPS) is 29.5. The fraction of sp³-hybridized carbons (Fsp3) is 0.500. The summed E-state index contributed by atoms with van der Waals surface area (Å²) in [4.78, 5) is 38.3. The van der Waals surface area contributed by atoms with Crippen LogP contribution in [0.15, 0.2) is 35.2 Å². The summed E-state index contributed by atoms with van der Waals surface area (Å²) in [5.74, 6) is 1.74. The summed E-state index contributed by atoms with van der Waals surface area (Å²) < 4.78 is 7.11. The van der Waals surface area contributed by atoms with Crippen LogP contribution in [0.4, 0.5) is 4.79 Å². The van der Waals surface area contributed by atoms with Crippen molar-refractivity contribution in [2.24, 2.45) is 17.8 Å². The molecule has 4 saturated carbocycles. The molecule has 5 aliphatic rings. The Labute approximate surface area is 222 Å². The molecule has 0 radical (unpaired) electrons. The molecule has 37 heavy (non-hydrogen) atoms. The van der Waals surface area contributed by atoms with Gasteiger partial charge in [0.1, 0.15) is 6.54 Å². The third kappa shape index (κ3) is 4.25. The Balaban J connectivity index is 1.24. The number of thioether (sulfide) groups is 1. The second-order valence-electron chi connectivity index (χ2n) is 11.5. The topological polar surface area (TPSA) is 68.6 Å². The van der Waals surface area contributed by atoms with Crippen molar-refractivity contribution in [2.45, 2.75) is 64.7 Å². The van der Waals surface area contributed by atoms with E-state index in [4.69, 9.17) is 4.74 Å². The Morgan fingerprint density at radius 2 is 1.68 bits per heavy atom. The first-order valence-electron chi connectivity index (χ1n) is 13.5. The third-order valence-electron chi connectivity index (χ3n) is 9.00. The van der Waals surface area contributed by atoms with Crippen molar-refractivity contribution in [3.05, 3.63) is 57.8 Å². The molecular weight excluding hydrogens is 484 g/mol. The van der Waals surface area contributed by atoms with Gasteiger partial charge in [0.25, 0.3) is 11.1 Å². The largest absolute Gasteiger partial charge is 0.465 e. The van der Waals surface area contributed by atoms with Gasteiger partial charge in [0.05, 0.1) is 11.5 Å². The van der Waals surface area contributed by atoms with E-state index in [9.17, 15) is 14.4 Å². The number of ether oxygens (including phenoxy) is 1. The highest BCUT2D eigenvalue weighted by atomic mass is 32.2. The standard InChI is InChI=1S/C30H34N2O4S/c1-4-36-27(33)17-31-28(34)26(37-29(31)35)13-23-9-18(2)32(19(23)3)25-7-5-24(6-8-25)30-14-20-10-21(15-30)12-22(11-20)16-30/h5-9,13,20-22H,4,10-12,14-17H2,1-3H3/b26-13+. The Morgan fingerprint density at radius 1 is 1.05 bits per heavy atom. The van der Waals surface area contributed by atoms with Crippen LogP contribution in [0.5, 0.6) is 0 Å². The number of hydrogen-bond donors (Lipinski definition) is 0. The predicted octanol–water partition coefficient (Wildman–Crippen LogP) is 6.16. The maximum absolute atomic E-state index is 12.8. The summed E-state index contributed by atoms with van der Waals surface area (Å²) in [7, 11) is 0. The molecule has 1 aliphatic heterocycles. The lowest BCUT2D eigenvalue weighted by Crippen LogP contribution is -2.48. The summed E-state index contributed by atoms with van der Waals surface area (Å²) in [6.07, 6.45) is 10.2. The minimum atomic E-state index is -0.582. The van der Waals surface area contributed by atoms with E-state index in [1.54, 1.807) is 13.0 Å². The molecule has 0 atom stereocenters. The van der Waals surface area contributed by atoms with Gasteiger partial charge < -0.3 is 9.30 Å². The molecule has 1 aromatic heterocycles.